The molecule has 1 unspecified atom stereocenters. The number of pyridine rings is 1. The van der Waals surface area contributed by atoms with Crippen molar-refractivity contribution in [3.63, 3.8) is 0 Å². The van der Waals surface area contributed by atoms with Crippen molar-refractivity contribution in [2.75, 3.05) is 0 Å². The Morgan fingerprint density at radius 2 is 2.07 bits per heavy atom. The third kappa shape index (κ3) is 3.66. The summed E-state index contributed by atoms with van der Waals surface area (Å²) in [7, 11) is 0. The van der Waals surface area contributed by atoms with Crippen LogP contribution in [-0.4, -0.2) is 34.2 Å². The summed E-state index contributed by atoms with van der Waals surface area (Å²) in [6.45, 7) is 1.91. The summed E-state index contributed by atoms with van der Waals surface area (Å²) in [6.07, 6.45) is 7.12. The third-order valence-electron chi connectivity index (χ3n) is 5.11. The topological polar surface area (TPSA) is 77.7 Å². The fraction of sp³-hybridized carbons (Fsp3) is 0.400. The second-order valence-corrected chi connectivity index (χ2v) is 7.90. The van der Waals surface area contributed by atoms with Gasteiger partial charge in [-0.05, 0) is 72.8 Å². The summed E-state index contributed by atoms with van der Waals surface area (Å²) in [6, 6.07) is 8.06. The molecule has 0 saturated heterocycles. The van der Waals surface area contributed by atoms with Gasteiger partial charge < -0.3 is 10.5 Å². The summed E-state index contributed by atoms with van der Waals surface area (Å²) < 4.78 is 7.26. The van der Waals surface area contributed by atoms with Crippen LogP contribution in [0.25, 0.3) is 10.9 Å². The highest BCUT2D eigenvalue weighted by molar-refractivity contribution is 9.10. The van der Waals surface area contributed by atoms with E-state index in [1.807, 2.05) is 31.2 Å². The number of carbonyl (C=O) groups is 1. The number of hydroxylamine groups is 2. The fourth-order valence-electron chi connectivity index (χ4n) is 3.83. The second-order valence-electron chi connectivity index (χ2n) is 7.05. The zero-order chi connectivity index (χ0) is 19.0. The molecule has 2 aromatic rings. The monoisotopic (exact) mass is 431 g/mol. The minimum absolute atomic E-state index is 0.122. The molecule has 1 aromatic heterocycles. The molecule has 1 saturated carbocycles. The molecule has 2 heterocycles. The van der Waals surface area contributed by atoms with Gasteiger partial charge in [0, 0.05) is 16.1 Å². The van der Waals surface area contributed by atoms with Crippen molar-refractivity contribution >= 4 is 32.7 Å². The van der Waals surface area contributed by atoms with Gasteiger partial charge in [-0.2, -0.15) is 0 Å². The molecule has 27 heavy (non-hydrogen) atoms. The first-order valence-corrected chi connectivity index (χ1v) is 9.99. The van der Waals surface area contributed by atoms with E-state index < -0.39 is 5.91 Å². The van der Waals surface area contributed by atoms with E-state index in [9.17, 15) is 4.79 Å². The first kappa shape index (κ1) is 18.3. The first-order chi connectivity index (χ1) is 13.0. The Morgan fingerprint density at radius 1 is 1.30 bits per heavy atom. The number of nitrogens with zero attached hydrogens (tertiary/aromatic N) is 2. The number of halogens is 1. The quantitative estimate of drug-likeness (QED) is 0.798. The summed E-state index contributed by atoms with van der Waals surface area (Å²) in [5.41, 5.74) is 6.86. The number of hydrogen-bond donors (Lipinski definition) is 1. The molecular formula is C20H22BrN3O3. The fourth-order valence-corrected chi connectivity index (χ4v) is 4.30. The maximum Gasteiger partial charge on any atom is 0.267 e. The van der Waals surface area contributed by atoms with Crippen molar-refractivity contribution < 1.29 is 14.4 Å². The minimum Gasteiger partial charge on any atom is -0.490 e. The molecule has 6 nitrogen and oxygen atoms in total. The van der Waals surface area contributed by atoms with Gasteiger partial charge in [-0.3, -0.25) is 14.6 Å². The number of ether oxygens (including phenoxy) is 1. The van der Waals surface area contributed by atoms with Crippen LogP contribution in [0.15, 0.2) is 46.7 Å². The van der Waals surface area contributed by atoms with Crippen LogP contribution in [-0.2, 0) is 9.63 Å². The number of fused-ring (bicyclic) bond motifs is 1. The molecule has 1 fully saturated rings. The van der Waals surface area contributed by atoms with E-state index in [1.165, 1.54) is 0 Å². The summed E-state index contributed by atoms with van der Waals surface area (Å²) in [4.78, 5) is 21.9. The van der Waals surface area contributed by atoms with E-state index in [0.29, 0.717) is 5.70 Å². The molecule has 142 valence electrons. The highest BCUT2D eigenvalue weighted by Gasteiger charge is 2.34. The predicted molar refractivity (Wildman–Crippen MR) is 106 cm³/mol. The number of amides is 1. The summed E-state index contributed by atoms with van der Waals surface area (Å²) >= 11 is 3.54. The van der Waals surface area contributed by atoms with Gasteiger partial charge in [0.1, 0.15) is 17.6 Å². The van der Waals surface area contributed by atoms with Gasteiger partial charge in [-0.1, -0.05) is 6.07 Å². The first-order valence-electron chi connectivity index (χ1n) is 9.20. The van der Waals surface area contributed by atoms with Gasteiger partial charge in [0.15, 0.2) is 0 Å². The highest BCUT2D eigenvalue weighted by atomic mass is 79.9. The van der Waals surface area contributed by atoms with Crippen molar-refractivity contribution in [3.05, 3.63) is 46.7 Å². The van der Waals surface area contributed by atoms with Gasteiger partial charge in [0.05, 0.1) is 17.7 Å². The molecule has 4 rings (SSSR count). The standard InChI is InChI=1S/C20H22BrN3O3/c1-12-11-17(20(22)25)24(27-12)13-5-7-14(8-6-13)26-18-9-10-23-19-15(18)3-2-4-16(19)21/h2-4,9-14H,5-8H2,1H3,(H2,22,25)/t12?,13-,14-. The molecule has 0 spiro atoms. The summed E-state index contributed by atoms with van der Waals surface area (Å²) in [5, 5.41) is 2.71. The predicted octanol–water partition coefficient (Wildman–Crippen LogP) is 3.69. The Balaban J connectivity index is 1.43. The molecule has 1 aliphatic heterocycles. The average Bonchev–Trinajstić information content (AvgIpc) is 3.05. The van der Waals surface area contributed by atoms with Crippen molar-refractivity contribution in [1.82, 2.24) is 10.0 Å². The molecule has 0 bridgehead atoms. The van der Waals surface area contributed by atoms with Crippen LogP contribution in [0.1, 0.15) is 32.6 Å². The van der Waals surface area contributed by atoms with Crippen LogP contribution in [0.5, 0.6) is 5.75 Å². The molecule has 7 heteroatoms. The van der Waals surface area contributed by atoms with E-state index in [1.54, 1.807) is 17.3 Å². The van der Waals surface area contributed by atoms with Gasteiger partial charge in [0.2, 0.25) is 0 Å². The van der Waals surface area contributed by atoms with Gasteiger partial charge in [-0.15, -0.1) is 0 Å². The third-order valence-corrected chi connectivity index (χ3v) is 5.75. The minimum atomic E-state index is -0.438. The Bertz CT molecular complexity index is 893. The number of benzene rings is 1. The lowest BCUT2D eigenvalue weighted by atomic mass is 9.92. The molecule has 1 aliphatic carbocycles. The van der Waals surface area contributed by atoms with E-state index in [-0.39, 0.29) is 18.2 Å². The zero-order valence-corrected chi connectivity index (χ0v) is 16.7. The lowest BCUT2D eigenvalue weighted by Gasteiger charge is -2.35. The number of primary amides is 1. The lowest BCUT2D eigenvalue weighted by molar-refractivity contribution is -0.171. The molecule has 1 atom stereocenters. The number of aromatic nitrogens is 1. The normalized spacial score (nSPS) is 25.5. The van der Waals surface area contributed by atoms with Crippen LogP contribution in [0.2, 0.25) is 0 Å². The number of rotatable bonds is 4. The van der Waals surface area contributed by atoms with Crippen LogP contribution in [0, 0.1) is 0 Å². The Kier molecular flexibility index (Phi) is 5.06. The molecule has 0 radical (unpaired) electrons. The van der Waals surface area contributed by atoms with Crippen LogP contribution < -0.4 is 10.5 Å². The SMILES string of the molecule is CC1C=C(C(N)=O)N([C@H]2CC[C@H](Oc3ccnc4c(Br)cccc34)CC2)O1. The van der Waals surface area contributed by atoms with E-state index in [2.05, 4.69) is 20.9 Å². The van der Waals surface area contributed by atoms with E-state index in [4.69, 9.17) is 15.3 Å². The molecule has 1 amide bonds. The Labute approximate surface area is 166 Å². The molecular weight excluding hydrogens is 410 g/mol. The number of nitrogens with two attached hydrogens (primary N) is 1. The summed E-state index contributed by atoms with van der Waals surface area (Å²) in [5.74, 6) is 0.417. The second kappa shape index (κ2) is 7.48. The highest BCUT2D eigenvalue weighted by Crippen LogP contribution is 2.34. The Morgan fingerprint density at radius 3 is 2.81 bits per heavy atom. The van der Waals surface area contributed by atoms with Crippen molar-refractivity contribution in [2.24, 2.45) is 5.73 Å². The molecule has 2 N–H and O–H groups in total. The van der Waals surface area contributed by atoms with E-state index >= 15 is 0 Å². The number of carbonyl (C=O) groups excluding carboxylic acids is 1. The van der Waals surface area contributed by atoms with Gasteiger partial charge in [-0.25, -0.2) is 5.06 Å². The molecule has 1 aromatic carbocycles. The maximum atomic E-state index is 11.7. The Hall–Kier alpha value is -2.12. The van der Waals surface area contributed by atoms with Crippen molar-refractivity contribution in [1.29, 1.82) is 0 Å². The van der Waals surface area contributed by atoms with Gasteiger partial charge >= 0.3 is 0 Å². The smallest absolute Gasteiger partial charge is 0.267 e. The molecule has 2 aliphatic rings. The van der Waals surface area contributed by atoms with Gasteiger partial charge in [0.25, 0.3) is 5.91 Å². The largest absolute Gasteiger partial charge is 0.490 e. The van der Waals surface area contributed by atoms with Crippen molar-refractivity contribution in [2.45, 2.75) is 50.9 Å². The number of para-hydroxylation sites is 1. The van der Waals surface area contributed by atoms with E-state index in [0.717, 1.165) is 46.8 Å². The zero-order valence-electron chi connectivity index (χ0n) is 15.1. The maximum absolute atomic E-state index is 11.7. The van der Waals surface area contributed by atoms with Crippen molar-refractivity contribution in [3.8, 4) is 5.75 Å². The average molecular weight is 432 g/mol. The van der Waals surface area contributed by atoms with Crippen LogP contribution in [0.3, 0.4) is 0 Å². The number of hydrogen-bond acceptors (Lipinski definition) is 5. The lowest BCUT2D eigenvalue weighted by Crippen LogP contribution is -2.40. The van der Waals surface area contributed by atoms with Crippen LogP contribution >= 0.6 is 15.9 Å². The van der Waals surface area contributed by atoms with Crippen LogP contribution in [0.4, 0.5) is 0 Å².